The highest BCUT2D eigenvalue weighted by atomic mass is 16.6. The number of hydrogen-bond acceptors (Lipinski definition) is 5. The molecule has 5 heteroatoms. The van der Waals surface area contributed by atoms with E-state index in [4.69, 9.17) is 14.2 Å². The summed E-state index contributed by atoms with van der Waals surface area (Å²) in [5, 5.41) is 10.3. The van der Waals surface area contributed by atoms with Gasteiger partial charge in [-0.05, 0) is 47.9 Å². The van der Waals surface area contributed by atoms with Crippen molar-refractivity contribution in [2.24, 2.45) is 0 Å². The van der Waals surface area contributed by atoms with Crippen LogP contribution in [0.15, 0.2) is 42.5 Å². The molecule has 0 saturated heterocycles. The van der Waals surface area contributed by atoms with Gasteiger partial charge < -0.3 is 19.3 Å². The lowest BCUT2D eigenvalue weighted by Gasteiger charge is -2.23. The van der Waals surface area contributed by atoms with E-state index in [0.717, 1.165) is 22.8 Å². The van der Waals surface area contributed by atoms with E-state index < -0.39 is 6.10 Å². The number of hydrogen-bond donors (Lipinski definition) is 1. The molecule has 152 valence electrons. The summed E-state index contributed by atoms with van der Waals surface area (Å²) >= 11 is 0. The first-order valence-corrected chi connectivity index (χ1v) is 9.80. The van der Waals surface area contributed by atoms with Crippen molar-refractivity contribution >= 4 is 0 Å². The largest absolute Gasteiger partial charge is 0.491 e. The van der Waals surface area contributed by atoms with E-state index in [9.17, 15) is 5.11 Å². The summed E-state index contributed by atoms with van der Waals surface area (Å²) in [5.74, 6) is 2.37. The van der Waals surface area contributed by atoms with Gasteiger partial charge in [-0.25, -0.2) is 0 Å². The van der Waals surface area contributed by atoms with E-state index in [1.165, 1.54) is 5.56 Å². The number of rotatable bonds is 7. The van der Waals surface area contributed by atoms with E-state index in [1.54, 1.807) is 0 Å². The lowest BCUT2D eigenvalue weighted by molar-refractivity contribution is 0.0743. The van der Waals surface area contributed by atoms with Crippen molar-refractivity contribution in [3.8, 4) is 17.2 Å². The van der Waals surface area contributed by atoms with E-state index in [-0.39, 0.29) is 12.0 Å². The Hall–Kier alpha value is -2.24. The third-order valence-corrected chi connectivity index (χ3v) is 4.74. The fourth-order valence-electron chi connectivity index (χ4n) is 3.22. The summed E-state index contributed by atoms with van der Waals surface area (Å²) in [6.45, 7) is 9.23. The van der Waals surface area contributed by atoms with E-state index >= 15 is 0 Å². The standard InChI is InChI=1S/C23H31NO4/c1-23(2,3)18-6-8-20(9-7-18)28-16-19(25)15-24(4)14-17-5-10-21-22(13-17)27-12-11-26-21/h5-10,13,19,25H,11-12,14-16H2,1-4H3/t19-/m1/s1. The van der Waals surface area contributed by atoms with Crippen molar-refractivity contribution in [2.75, 3.05) is 33.4 Å². The van der Waals surface area contributed by atoms with Crippen LogP contribution in [0.3, 0.4) is 0 Å². The first-order chi connectivity index (χ1) is 13.3. The van der Waals surface area contributed by atoms with Gasteiger partial charge in [-0.2, -0.15) is 0 Å². The quantitative estimate of drug-likeness (QED) is 0.789. The number of ether oxygens (including phenoxy) is 3. The summed E-state index contributed by atoms with van der Waals surface area (Å²) in [6, 6.07) is 14.1. The number of aliphatic hydroxyl groups is 1. The zero-order valence-electron chi connectivity index (χ0n) is 17.3. The Morgan fingerprint density at radius 2 is 1.71 bits per heavy atom. The van der Waals surface area contributed by atoms with Crippen LogP contribution in [0.2, 0.25) is 0 Å². The highest BCUT2D eigenvalue weighted by Gasteiger charge is 2.15. The second kappa shape index (κ2) is 8.84. The molecule has 1 atom stereocenters. The molecule has 28 heavy (non-hydrogen) atoms. The van der Waals surface area contributed by atoms with Gasteiger partial charge in [0.1, 0.15) is 31.7 Å². The maximum Gasteiger partial charge on any atom is 0.161 e. The van der Waals surface area contributed by atoms with Crippen molar-refractivity contribution in [1.82, 2.24) is 4.90 Å². The Bertz CT molecular complexity index is 767. The molecular weight excluding hydrogens is 354 g/mol. The van der Waals surface area contributed by atoms with Crippen LogP contribution in [0.5, 0.6) is 17.2 Å². The van der Waals surface area contributed by atoms with Crippen LogP contribution in [0.4, 0.5) is 0 Å². The second-order valence-corrected chi connectivity index (χ2v) is 8.41. The van der Waals surface area contributed by atoms with Gasteiger partial charge in [-0.1, -0.05) is 39.0 Å². The Balaban J connectivity index is 1.46. The molecule has 2 aromatic carbocycles. The summed E-state index contributed by atoms with van der Waals surface area (Å²) in [4.78, 5) is 2.07. The summed E-state index contributed by atoms with van der Waals surface area (Å²) in [6.07, 6.45) is -0.565. The number of aliphatic hydroxyl groups excluding tert-OH is 1. The van der Waals surface area contributed by atoms with Crippen molar-refractivity contribution in [1.29, 1.82) is 0 Å². The highest BCUT2D eigenvalue weighted by molar-refractivity contribution is 5.43. The molecule has 3 rings (SSSR count). The smallest absolute Gasteiger partial charge is 0.161 e. The Kier molecular flexibility index (Phi) is 6.47. The van der Waals surface area contributed by atoms with Crippen molar-refractivity contribution < 1.29 is 19.3 Å². The van der Waals surface area contributed by atoms with Crippen LogP contribution < -0.4 is 14.2 Å². The molecule has 5 nitrogen and oxygen atoms in total. The van der Waals surface area contributed by atoms with Gasteiger partial charge >= 0.3 is 0 Å². The summed E-state index contributed by atoms with van der Waals surface area (Å²) in [7, 11) is 1.98. The normalized spacial score (nSPS) is 14.8. The maximum absolute atomic E-state index is 10.3. The fourth-order valence-corrected chi connectivity index (χ4v) is 3.22. The van der Waals surface area contributed by atoms with E-state index in [1.807, 2.05) is 37.4 Å². The van der Waals surface area contributed by atoms with Gasteiger partial charge in [0.2, 0.25) is 0 Å². The molecule has 0 aromatic heterocycles. The van der Waals surface area contributed by atoms with Crippen LogP contribution in [-0.2, 0) is 12.0 Å². The lowest BCUT2D eigenvalue weighted by Crippen LogP contribution is -2.32. The Labute approximate surface area is 167 Å². The molecule has 0 fully saturated rings. The minimum Gasteiger partial charge on any atom is -0.491 e. The predicted octanol–water partition coefficient (Wildman–Crippen LogP) is 3.63. The van der Waals surface area contributed by atoms with Crippen molar-refractivity contribution in [3.63, 3.8) is 0 Å². The van der Waals surface area contributed by atoms with E-state index in [0.29, 0.717) is 26.3 Å². The van der Waals surface area contributed by atoms with Gasteiger partial charge in [-0.3, -0.25) is 4.90 Å². The average Bonchev–Trinajstić information content (AvgIpc) is 2.66. The SMILES string of the molecule is CN(Cc1ccc2c(c1)OCCO2)C[C@@H](O)COc1ccc(C(C)(C)C)cc1. The van der Waals surface area contributed by atoms with Crippen LogP contribution in [0, 0.1) is 0 Å². The topological polar surface area (TPSA) is 51.2 Å². The minimum absolute atomic E-state index is 0.120. The molecule has 1 N–H and O–H groups in total. The Morgan fingerprint density at radius 3 is 2.39 bits per heavy atom. The molecule has 0 aliphatic carbocycles. The molecule has 1 aliphatic rings. The molecule has 2 aromatic rings. The monoisotopic (exact) mass is 385 g/mol. The fraction of sp³-hybridized carbons (Fsp3) is 0.478. The second-order valence-electron chi connectivity index (χ2n) is 8.41. The third-order valence-electron chi connectivity index (χ3n) is 4.74. The van der Waals surface area contributed by atoms with Crippen LogP contribution in [0.25, 0.3) is 0 Å². The molecule has 0 bridgehead atoms. The molecule has 0 saturated carbocycles. The first-order valence-electron chi connectivity index (χ1n) is 9.80. The molecule has 1 heterocycles. The molecular formula is C23H31NO4. The van der Waals surface area contributed by atoms with Crippen LogP contribution in [0.1, 0.15) is 31.9 Å². The third kappa shape index (κ3) is 5.63. The van der Waals surface area contributed by atoms with Gasteiger partial charge in [0.25, 0.3) is 0 Å². The van der Waals surface area contributed by atoms with Gasteiger partial charge in [0.05, 0.1) is 0 Å². The molecule has 0 unspecified atom stereocenters. The zero-order chi connectivity index (χ0) is 20.1. The minimum atomic E-state index is -0.565. The number of fused-ring (bicyclic) bond motifs is 1. The summed E-state index contributed by atoms with van der Waals surface area (Å²) in [5.41, 5.74) is 2.51. The van der Waals surface area contributed by atoms with Gasteiger partial charge in [0, 0.05) is 13.1 Å². The molecule has 1 aliphatic heterocycles. The van der Waals surface area contributed by atoms with Crippen LogP contribution >= 0.6 is 0 Å². The van der Waals surface area contributed by atoms with Crippen molar-refractivity contribution in [3.05, 3.63) is 53.6 Å². The number of nitrogens with zero attached hydrogens (tertiary/aromatic N) is 1. The Morgan fingerprint density at radius 1 is 1.04 bits per heavy atom. The first kappa shape index (κ1) is 20.5. The zero-order valence-corrected chi connectivity index (χ0v) is 17.3. The highest BCUT2D eigenvalue weighted by Crippen LogP contribution is 2.31. The summed E-state index contributed by atoms with van der Waals surface area (Å²) < 4.78 is 16.9. The number of benzene rings is 2. The van der Waals surface area contributed by atoms with Crippen molar-refractivity contribution in [2.45, 2.75) is 38.8 Å². The lowest BCUT2D eigenvalue weighted by atomic mass is 9.87. The van der Waals surface area contributed by atoms with Gasteiger partial charge in [-0.15, -0.1) is 0 Å². The maximum atomic E-state index is 10.3. The predicted molar refractivity (Wildman–Crippen MR) is 110 cm³/mol. The van der Waals surface area contributed by atoms with Gasteiger partial charge in [0.15, 0.2) is 11.5 Å². The molecule has 0 amide bonds. The molecule has 0 spiro atoms. The average molecular weight is 386 g/mol. The van der Waals surface area contributed by atoms with Crippen LogP contribution in [-0.4, -0.2) is 49.5 Å². The molecule has 0 radical (unpaired) electrons. The number of likely N-dealkylation sites (N-methyl/N-ethyl adjacent to an activating group) is 1. The van der Waals surface area contributed by atoms with E-state index in [2.05, 4.69) is 37.8 Å².